The summed E-state index contributed by atoms with van der Waals surface area (Å²) in [5, 5.41) is 3.52. The van der Waals surface area contributed by atoms with E-state index in [0.29, 0.717) is 6.04 Å². The molecule has 1 heterocycles. The van der Waals surface area contributed by atoms with Gasteiger partial charge in [-0.15, -0.1) is 0 Å². The van der Waals surface area contributed by atoms with Crippen molar-refractivity contribution in [3.05, 3.63) is 30.1 Å². The minimum absolute atomic E-state index is 0.613. The van der Waals surface area contributed by atoms with Crippen molar-refractivity contribution >= 4 is 0 Å². The smallest absolute Gasteiger partial charge is 0.0416 e. The molecule has 1 N–H and O–H groups in total. The molecule has 102 valence electrons. The van der Waals surface area contributed by atoms with Crippen LogP contribution in [0.4, 0.5) is 0 Å². The number of pyridine rings is 1. The van der Waals surface area contributed by atoms with E-state index in [0.717, 1.165) is 26.1 Å². The van der Waals surface area contributed by atoms with Gasteiger partial charge in [0, 0.05) is 30.9 Å². The summed E-state index contributed by atoms with van der Waals surface area (Å²) in [4.78, 5) is 6.74. The third kappa shape index (κ3) is 6.72. The molecule has 0 bridgehead atoms. The summed E-state index contributed by atoms with van der Waals surface area (Å²) >= 11 is 0. The Hall–Kier alpha value is -0.930. The van der Waals surface area contributed by atoms with E-state index in [1.807, 2.05) is 12.3 Å². The molecule has 0 aromatic carbocycles. The maximum absolute atomic E-state index is 4.35. The van der Waals surface area contributed by atoms with Crippen molar-refractivity contribution in [2.24, 2.45) is 0 Å². The second-order valence-electron chi connectivity index (χ2n) is 5.02. The predicted octanol–water partition coefficient (Wildman–Crippen LogP) is 2.33. The van der Waals surface area contributed by atoms with Crippen LogP contribution in [0.2, 0.25) is 0 Å². The van der Waals surface area contributed by atoms with Gasteiger partial charge >= 0.3 is 0 Å². The maximum atomic E-state index is 4.35. The second-order valence-corrected chi connectivity index (χ2v) is 5.02. The van der Waals surface area contributed by atoms with E-state index < -0.39 is 0 Å². The number of nitrogens with zero attached hydrogens (tertiary/aromatic N) is 2. The first-order valence-electron chi connectivity index (χ1n) is 7.04. The molecule has 0 fully saturated rings. The average Bonchev–Trinajstić information content (AvgIpc) is 2.41. The Morgan fingerprint density at radius 3 is 2.83 bits per heavy atom. The molecule has 0 saturated carbocycles. The number of rotatable bonds is 9. The number of aromatic nitrogens is 1. The van der Waals surface area contributed by atoms with Crippen molar-refractivity contribution in [2.45, 2.75) is 39.2 Å². The van der Waals surface area contributed by atoms with Gasteiger partial charge in [0.2, 0.25) is 0 Å². The summed E-state index contributed by atoms with van der Waals surface area (Å²) in [6.45, 7) is 7.82. The first-order valence-corrected chi connectivity index (χ1v) is 7.04. The Morgan fingerprint density at radius 2 is 2.17 bits per heavy atom. The zero-order valence-electron chi connectivity index (χ0n) is 12.0. The van der Waals surface area contributed by atoms with Crippen LogP contribution >= 0.6 is 0 Å². The fourth-order valence-corrected chi connectivity index (χ4v) is 1.87. The molecule has 1 rings (SSSR count). The molecule has 0 spiro atoms. The predicted molar refractivity (Wildman–Crippen MR) is 77.8 cm³/mol. The first-order chi connectivity index (χ1) is 8.72. The third-order valence-corrected chi connectivity index (χ3v) is 3.16. The zero-order chi connectivity index (χ0) is 13.2. The molecule has 1 aromatic heterocycles. The fraction of sp³-hybridized carbons (Fsp3) is 0.667. The molecule has 0 aliphatic heterocycles. The zero-order valence-corrected chi connectivity index (χ0v) is 12.0. The van der Waals surface area contributed by atoms with Gasteiger partial charge in [-0.1, -0.05) is 13.0 Å². The molecule has 1 atom stereocenters. The van der Waals surface area contributed by atoms with Crippen LogP contribution < -0.4 is 5.32 Å². The average molecular weight is 249 g/mol. The topological polar surface area (TPSA) is 28.2 Å². The quantitative estimate of drug-likeness (QED) is 0.728. The lowest BCUT2D eigenvalue weighted by Gasteiger charge is -2.19. The molecule has 3 heteroatoms. The van der Waals surface area contributed by atoms with E-state index in [9.17, 15) is 0 Å². The third-order valence-electron chi connectivity index (χ3n) is 3.16. The van der Waals surface area contributed by atoms with E-state index in [1.54, 1.807) is 0 Å². The van der Waals surface area contributed by atoms with Gasteiger partial charge in [-0.25, -0.2) is 0 Å². The Bertz CT molecular complexity index is 300. The van der Waals surface area contributed by atoms with Crippen LogP contribution in [0.25, 0.3) is 0 Å². The van der Waals surface area contributed by atoms with Crippen LogP contribution in [0.15, 0.2) is 24.4 Å². The minimum Gasteiger partial charge on any atom is -0.314 e. The van der Waals surface area contributed by atoms with Crippen molar-refractivity contribution in [2.75, 3.05) is 26.7 Å². The van der Waals surface area contributed by atoms with Crippen molar-refractivity contribution in [3.63, 3.8) is 0 Å². The molecule has 1 unspecified atom stereocenters. The Labute approximate surface area is 112 Å². The highest BCUT2D eigenvalue weighted by molar-refractivity contribution is 5.03. The summed E-state index contributed by atoms with van der Waals surface area (Å²) in [6, 6.07) is 6.73. The van der Waals surface area contributed by atoms with Gasteiger partial charge in [-0.3, -0.25) is 4.98 Å². The number of nitrogens with one attached hydrogen (secondary N) is 1. The molecule has 3 nitrogen and oxygen atoms in total. The van der Waals surface area contributed by atoms with Crippen LogP contribution in [0, 0.1) is 0 Å². The highest BCUT2D eigenvalue weighted by Gasteiger charge is 2.04. The van der Waals surface area contributed by atoms with Crippen LogP contribution in [-0.4, -0.2) is 42.6 Å². The molecule has 18 heavy (non-hydrogen) atoms. The highest BCUT2D eigenvalue weighted by Crippen LogP contribution is 1.99. The largest absolute Gasteiger partial charge is 0.314 e. The standard InChI is InChI=1S/C15H27N3/c1-4-10-16-14(2)8-12-18(3)13-9-15-7-5-6-11-17-15/h5-7,11,14,16H,4,8-10,12-13H2,1-3H3. The summed E-state index contributed by atoms with van der Waals surface area (Å²) < 4.78 is 0. The molecule has 0 radical (unpaired) electrons. The Morgan fingerprint density at radius 1 is 1.33 bits per heavy atom. The highest BCUT2D eigenvalue weighted by atomic mass is 15.1. The molecule has 1 aromatic rings. The fourth-order valence-electron chi connectivity index (χ4n) is 1.87. The number of likely N-dealkylation sites (N-methyl/N-ethyl adjacent to an activating group) is 1. The van der Waals surface area contributed by atoms with Gasteiger partial charge in [-0.2, -0.15) is 0 Å². The van der Waals surface area contributed by atoms with Gasteiger partial charge in [0.15, 0.2) is 0 Å². The van der Waals surface area contributed by atoms with Gasteiger partial charge in [0.05, 0.1) is 0 Å². The maximum Gasteiger partial charge on any atom is 0.0416 e. The minimum atomic E-state index is 0.613. The van der Waals surface area contributed by atoms with Crippen LogP contribution in [-0.2, 0) is 6.42 Å². The summed E-state index contributed by atoms with van der Waals surface area (Å²) in [5.41, 5.74) is 1.18. The summed E-state index contributed by atoms with van der Waals surface area (Å²) in [7, 11) is 2.19. The van der Waals surface area contributed by atoms with Gasteiger partial charge in [0.25, 0.3) is 0 Å². The SMILES string of the molecule is CCCNC(C)CCN(C)CCc1ccccn1. The van der Waals surface area contributed by atoms with E-state index in [1.165, 1.54) is 18.5 Å². The normalized spacial score (nSPS) is 12.9. The molecule has 0 amide bonds. The molecular weight excluding hydrogens is 222 g/mol. The van der Waals surface area contributed by atoms with Crippen molar-refractivity contribution < 1.29 is 0 Å². The number of hydrogen-bond donors (Lipinski definition) is 1. The lowest BCUT2D eigenvalue weighted by Crippen LogP contribution is -2.32. The van der Waals surface area contributed by atoms with E-state index in [4.69, 9.17) is 0 Å². The van der Waals surface area contributed by atoms with E-state index in [2.05, 4.69) is 48.2 Å². The lowest BCUT2D eigenvalue weighted by atomic mass is 10.2. The van der Waals surface area contributed by atoms with Crippen LogP contribution in [0.3, 0.4) is 0 Å². The monoisotopic (exact) mass is 249 g/mol. The van der Waals surface area contributed by atoms with Crippen molar-refractivity contribution in [3.8, 4) is 0 Å². The van der Waals surface area contributed by atoms with Gasteiger partial charge in [0.1, 0.15) is 0 Å². The van der Waals surface area contributed by atoms with Gasteiger partial charge in [-0.05, 0) is 52.0 Å². The van der Waals surface area contributed by atoms with Gasteiger partial charge < -0.3 is 10.2 Å². The Balaban J connectivity index is 2.12. The van der Waals surface area contributed by atoms with Crippen LogP contribution in [0.5, 0.6) is 0 Å². The van der Waals surface area contributed by atoms with Crippen molar-refractivity contribution in [1.82, 2.24) is 15.2 Å². The first kappa shape index (κ1) is 15.1. The molecule has 0 aliphatic rings. The van der Waals surface area contributed by atoms with Crippen LogP contribution in [0.1, 0.15) is 32.4 Å². The molecular formula is C15H27N3. The lowest BCUT2D eigenvalue weighted by molar-refractivity contribution is 0.313. The molecule has 0 saturated heterocycles. The Kier molecular flexibility index (Phi) is 7.62. The summed E-state index contributed by atoms with van der Waals surface area (Å²) in [5.74, 6) is 0. The van der Waals surface area contributed by atoms with E-state index in [-0.39, 0.29) is 0 Å². The molecule has 0 aliphatic carbocycles. The second kappa shape index (κ2) is 9.06. The van der Waals surface area contributed by atoms with Crippen molar-refractivity contribution in [1.29, 1.82) is 0 Å². The number of hydrogen-bond acceptors (Lipinski definition) is 3. The summed E-state index contributed by atoms with van der Waals surface area (Å²) in [6.07, 6.45) is 5.32. The van der Waals surface area contributed by atoms with E-state index >= 15 is 0 Å².